The summed E-state index contributed by atoms with van der Waals surface area (Å²) in [5.74, 6) is 0.881. The molecule has 1 aliphatic rings. The van der Waals surface area contributed by atoms with Gasteiger partial charge in [-0.15, -0.1) is 0 Å². The summed E-state index contributed by atoms with van der Waals surface area (Å²) in [6.45, 7) is 6.54. The monoisotopic (exact) mass is 240 g/mol. The summed E-state index contributed by atoms with van der Waals surface area (Å²) in [5.41, 5.74) is 1.07. The summed E-state index contributed by atoms with van der Waals surface area (Å²) in [4.78, 5) is 8.02. The standard InChI is InChI=1S/C12H20N2OS/c1-3-10-11(8-15)16-12(13-10)14(4-2)7-9-5-6-9/h9,15H,3-8H2,1-2H3. The van der Waals surface area contributed by atoms with Gasteiger partial charge >= 0.3 is 0 Å². The van der Waals surface area contributed by atoms with E-state index in [1.165, 1.54) is 12.8 Å². The fourth-order valence-electron chi connectivity index (χ4n) is 1.86. The fourth-order valence-corrected chi connectivity index (χ4v) is 2.94. The van der Waals surface area contributed by atoms with Crippen LogP contribution in [0.25, 0.3) is 0 Å². The van der Waals surface area contributed by atoms with Crippen LogP contribution < -0.4 is 4.90 Å². The molecule has 3 nitrogen and oxygen atoms in total. The van der Waals surface area contributed by atoms with Gasteiger partial charge in [0.15, 0.2) is 5.13 Å². The molecule has 0 radical (unpaired) electrons. The van der Waals surface area contributed by atoms with Crippen molar-refractivity contribution >= 4 is 16.5 Å². The Hall–Kier alpha value is -0.610. The first kappa shape index (κ1) is 11.9. The second-order valence-corrected chi connectivity index (χ2v) is 5.42. The van der Waals surface area contributed by atoms with Gasteiger partial charge in [-0.2, -0.15) is 0 Å². The van der Waals surface area contributed by atoms with E-state index < -0.39 is 0 Å². The minimum Gasteiger partial charge on any atom is -0.391 e. The van der Waals surface area contributed by atoms with Gasteiger partial charge in [0.2, 0.25) is 0 Å². The van der Waals surface area contributed by atoms with Crippen LogP contribution in [0, 0.1) is 5.92 Å². The predicted molar refractivity (Wildman–Crippen MR) is 68.0 cm³/mol. The van der Waals surface area contributed by atoms with Crippen molar-refractivity contribution in [3.05, 3.63) is 10.6 Å². The highest BCUT2D eigenvalue weighted by Crippen LogP contribution is 2.33. The molecule has 1 aliphatic carbocycles. The Morgan fingerprint density at radius 2 is 2.19 bits per heavy atom. The van der Waals surface area contributed by atoms with Gasteiger partial charge in [0.1, 0.15) is 0 Å². The highest BCUT2D eigenvalue weighted by molar-refractivity contribution is 7.15. The molecule has 0 bridgehead atoms. The minimum atomic E-state index is 0.127. The molecule has 0 saturated heterocycles. The first-order chi connectivity index (χ1) is 7.78. The molecule has 1 fully saturated rings. The van der Waals surface area contributed by atoms with Crippen molar-refractivity contribution in [3.8, 4) is 0 Å². The molecule has 0 aliphatic heterocycles. The largest absolute Gasteiger partial charge is 0.391 e. The summed E-state index contributed by atoms with van der Waals surface area (Å²) in [7, 11) is 0. The second-order valence-electron chi connectivity index (χ2n) is 4.36. The molecular weight excluding hydrogens is 220 g/mol. The number of rotatable bonds is 6. The smallest absolute Gasteiger partial charge is 0.185 e. The quantitative estimate of drug-likeness (QED) is 0.829. The molecule has 0 aromatic carbocycles. The molecule has 1 aromatic rings. The number of aryl methyl sites for hydroxylation is 1. The Labute approximate surface area is 101 Å². The lowest BCUT2D eigenvalue weighted by Crippen LogP contribution is -2.24. The van der Waals surface area contributed by atoms with E-state index >= 15 is 0 Å². The maximum atomic E-state index is 9.26. The van der Waals surface area contributed by atoms with Gasteiger partial charge in [-0.25, -0.2) is 4.98 Å². The van der Waals surface area contributed by atoms with E-state index in [2.05, 4.69) is 23.7 Å². The number of hydrogen-bond acceptors (Lipinski definition) is 4. The van der Waals surface area contributed by atoms with Gasteiger partial charge in [0.05, 0.1) is 17.2 Å². The van der Waals surface area contributed by atoms with Crippen LogP contribution in [0.1, 0.15) is 37.3 Å². The van der Waals surface area contributed by atoms with E-state index in [0.29, 0.717) is 0 Å². The van der Waals surface area contributed by atoms with E-state index in [1.807, 2.05) is 0 Å². The van der Waals surface area contributed by atoms with Gasteiger partial charge in [-0.3, -0.25) is 0 Å². The Balaban J connectivity index is 2.12. The number of aliphatic hydroxyl groups is 1. The first-order valence-electron chi connectivity index (χ1n) is 6.12. The summed E-state index contributed by atoms with van der Waals surface area (Å²) in [6.07, 6.45) is 3.65. The molecule has 1 N–H and O–H groups in total. The van der Waals surface area contributed by atoms with Crippen LogP contribution >= 0.6 is 11.3 Å². The third-order valence-corrected chi connectivity index (χ3v) is 4.22. The molecule has 1 aromatic heterocycles. The molecule has 0 atom stereocenters. The summed E-state index contributed by atoms with van der Waals surface area (Å²) < 4.78 is 0. The molecule has 0 spiro atoms. The molecular formula is C12H20N2OS. The Morgan fingerprint density at radius 1 is 1.44 bits per heavy atom. The van der Waals surface area contributed by atoms with Crippen molar-refractivity contribution in [2.24, 2.45) is 5.92 Å². The number of hydrogen-bond donors (Lipinski definition) is 1. The molecule has 0 amide bonds. The zero-order chi connectivity index (χ0) is 11.5. The van der Waals surface area contributed by atoms with Crippen molar-refractivity contribution in [3.63, 3.8) is 0 Å². The van der Waals surface area contributed by atoms with Crippen molar-refractivity contribution in [1.29, 1.82) is 0 Å². The summed E-state index contributed by atoms with van der Waals surface area (Å²) in [6, 6.07) is 0. The average Bonchev–Trinajstić information content (AvgIpc) is 3.03. The van der Waals surface area contributed by atoms with E-state index in [4.69, 9.17) is 0 Å². The van der Waals surface area contributed by atoms with Crippen LogP contribution in [0.3, 0.4) is 0 Å². The van der Waals surface area contributed by atoms with Crippen LogP contribution in [0.2, 0.25) is 0 Å². The normalized spacial score (nSPS) is 15.4. The maximum absolute atomic E-state index is 9.26. The van der Waals surface area contributed by atoms with Crippen LogP contribution in [-0.4, -0.2) is 23.2 Å². The Morgan fingerprint density at radius 3 is 2.62 bits per heavy atom. The maximum Gasteiger partial charge on any atom is 0.185 e. The fraction of sp³-hybridized carbons (Fsp3) is 0.750. The number of aliphatic hydroxyl groups excluding tert-OH is 1. The zero-order valence-corrected chi connectivity index (χ0v) is 10.9. The molecule has 4 heteroatoms. The minimum absolute atomic E-state index is 0.127. The van der Waals surface area contributed by atoms with Gasteiger partial charge in [0.25, 0.3) is 0 Å². The van der Waals surface area contributed by atoms with Crippen LogP contribution in [0.4, 0.5) is 5.13 Å². The van der Waals surface area contributed by atoms with E-state index in [1.54, 1.807) is 11.3 Å². The lowest BCUT2D eigenvalue weighted by atomic mass is 10.3. The zero-order valence-electron chi connectivity index (χ0n) is 10.1. The summed E-state index contributed by atoms with van der Waals surface area (Å²) >= 11 is 1.65. The SMILES string of the molecule is CCc1nc(N(CC)CC2CC2)sc1CO. The van der Waals surface area contributed by atoms with Crippen molar-refractivity contribution in [2.75, 3.05) is 18.0 Å². The van der Waals surface area contributed by atoms with Gasteiger partial charge < -0.3 is 10.0 Å². The highest BCUT2D eigenvalue weighted by Gasteiger charge is 2.25. The topological polar surface area (TPSA) is 36.4 Å². The lowest BCUT2D eigenvalue weighted by molar-refractivity contribution is 0.284. The Bertz CT molecular complexity index is 325. The van der Waals surface area contributed by atoms with Gasteiger partial charge in [-0.1, -0.05) is 18.3 Å². The third-order valence-electron chi connectivity index (χ3n) is 3.07. The van der Waals surface area contributed by atoms with Crippen LogP contribution in [0.15, 0.2) is 0 Å². The first-order valence-corrected chi connectivity index (χ1v) is 6.94. The molecule has 1 heterocycles. The van der Waals surface area contributed by atoms with Gasteiger partial charge in [-0.05, 0) is 32.1 Å². The lowest BCUT2D eigenvalue weighted by Gasteiger charge is -2.19. The average molecular weight is 240 g/mol. The third kappa shape index (κ3) is 2.55. The van der Waals surface area contributed by atoms with Crippen molar-refractivity contribution < 1.29 is 5.11 Å². The molecule has 1 saturated carbocycles. The van der Waals surface area contributed by atoms with Crippen LogP contribution in [0.5, 0.6) is 0 Å². The molecule has 2 rings (SSSR count). The number of anilines is 1. The van der Waals surface area contributed by atoms with E-state index in [0.717, 1.165) is 41.1 Å². The number of thiazole rings is 1. The summed E-state index contributed by atoms with van der Waals surface area (Å²) in [5, 5.41) is 10.4. The van der Waals surface area contributed by atoms with Crippen LogP contribution in [-0.2, 0) is 13.0 Å². The van der Waals surface area contributed by atoms with E-state index in [-0.39, 0.29) is 6.61 Å². The van der Waals surface area contributed by atoms with Crippen molar-refractivity contribution in [2.45, 2.75) is 39.7 Å². The molecule has 0 unspecified atom stereocenters. The second kappa shape index (κ2) is 5.15. The predicted octanol–water partition coefficient (Wildman–Crippen LogP) is 2.43. The van der Waals surface area contributed by atoms with E-state index in [9.17, 15) is 5.11 Å². The Kier molecular flexibility index (Phi) is 3.82. The molecule has 90 valence electrons. The highest BCUT2D eigenvalue weighted by atomic mass is 32.1. The number of aromatic nitrogens is 1. The van der Waals surface area contributed by atoms with Gasteiger partial charge in [0, 0.05) is 13.1 Å². The molecule has 16 heavy (non-hydrogen) atoms. The number of nitrogens with zero attached hydrogens (tertiary/aromatic N) is 2. The van der Waals surface area contributed by atoms with Crippen molar-refractivity contribution in [1.82, 2.24) is 4.98 Å².